The lowest BCUT2D eigenvalue weighted by molar-refractivity contribution is 0.0847. The molecule has 4 aromatic rings. The Morgan fingerprint density at radius 2 is 2.12 bits per heavy atom. The second-order valence-corrected chi connectivity index (χ2v) is 9.11. The number of ether oxygens (including phenoxy) is 1. The van der Waals surface area contributed by atoms with Crippen LogP contribution in [0.15, 0.2) is 42.6 Å². The first kappa shape index (κ1) is 21.0. The van der Waals surface area contributed by atoms with E-state index in [-0.39, 0.29) is 18.2 Å². The number of Topliss-reactive ketones (excluding diaryl/α,β-unsaturated/α-hetero) is 1. The number of benzene rings is 2. The molecule has 2 aliphatic heterocycles. The van der Waals surface area contributed by atoms with Crippen molar-refractivity contribution in [2.45, 2.75) is 25.4 Å². The topological polar surface area (TPSA) is 76.0 Å². The first-order valence-electron chi connectivity index (χ1n) is 11.3. The van der Waals surface area contributed by atoms with Crippen LogP contribution in [-0.4, -0.2) is 56.9 Å². The lowest BCUT2D eigenvalue weighted by atomic mass is 9.90. The molecule has 0 aliphatic carbocycles. The maximum atomic E-state index is 14.1. The number of likely N-dealkylation sites (tertiary alicyclic amines) is 1. The highest BCUT2D eigenvalue weighted by Gasteiger charge is 2.32. The number of aromatic amines is 1. The number of halogens is 2. The molecule has 1 N–H and O–H groups in total. The van der Waals surface area contributed by atoms with Gasteiger partial charge in [-0.3, -0.25) is 14.6 Å². The number of carbonyl (C=O) groups is 1. The van der Waals surface area contributed by atoms with Crippen LogP contribution in [0.5, 0.6) is 5.75 Å². The molecular formula is C25H23F2N5O2. The van der Waals surface area contributed by atoms with E-state index < -0.39 is 11.9 Å². The van der Waals surface area contributed by atoms with Gasteiger partial charge in [0.1, 0.15) is 17.3 Å². The van der Waals surface area contributed by atoms with Crippen molar-refractivity contribution in [1.29, 1.82) is 0 Å². The monoisotopic (exact) mass is 463 g/mol. The van der Waals surface area contributed by atoms with E-state index >= 15 is 0 Å². The molecule has 0 amide bonds. The predicted octanol–water partition coefficient (Wildman–Crippen LogP) is 3.84. The van der Waals surface area contributed by atoms with Gasteiger partial charge in [-0.05, 0) is 67.9 Å². The van der Waals surface area contributed by atoms with Crippen LogP contribution in [0.3, 0.4) is 0 Å². The minimum absolute atomic E-state index is 0.136. The molecule has 2 aromatic carbocycles. The lowest BCUT2D eigenvalue weighted by Crippen LogP contribution is -2.47. The molecule has 1 fully saturated rings. The van der Waals surface area contributed by atoms with Gasteiger partial charge in [0.2, 0.25) is 5.95 Å². The predicted molar refractivity (Wildman–Crippen MR) is 122 cm³/mol. The summed E-state index contributed by atoms with van der Waals surface area (Å²) in [5.41, 5.74) is 2.84. The summed E-state index contributed by atoms with van der Waals surface area (Å²) >= 11 is 0. The number of ketones is 1. The van der Waals surface area contributed by atoms with Crippen LogP contribution < -0.4 is 4.74 Å². The average Bonchev–Trinajstić information content (AvgIpc) is 3.43. The Balaban J connectivity index is 1.39. The highest BCUT2D eigenvalue weighted by Crippen LogP contribution is 2.33. The van der Waals surface area contributed by atoms with Crippen LogP contribution in [0.2, 0.25) is 0 Å². The number of rotatable bonds is 5. The van der Waals surface area contributed by atoms with E-state index in [0.717, 1.165) is 18.5 Å². The normalized spacial score (nSPS) is 20.1. The summed E-state index contributed by atoms with van der Waals surface area (Å²) in [5.74, 6) is -0.846. The number of hydrogen-bond donors (Lipinski definition) is 1. The number of nitrogens with one attached hydrogen (secondary N) is 1. The van der Waals surface area contributed by atoms with Gasteiger partial charge in [0, 0.05) is 11.4 Å². The third kappa shape index (κ3) is 3.47. The molecule has 4 heterocycles. The van der Waals surface area contributed by atoms with Crippen molar-refractivity contribution in [3.8, 4) is 16.9 Å². The first-order valence-corrected chi connectivity index (χ1v) is 11.3. The van der Waals surface area contributed by atoms with E-state index in [9.17, 15) is 13.6 Å². The summed E-state index contributed by atoms with van der Waals surface area (Å²) in [5, 5.41) is 11.5. The van der Waals surface area contributed by atoms with Gasteiger partial charge in [0.05, 0.1) is 36.3 Å². The molecule has 2 atom stereocenters. The van der Waals surface area contributed by atoms with Crippen molar-refractivity contribution < 1.29 is 18.3 Å². The second kappa shape index (κ2) is 8.02. The van der Waals surface area contributed by atoms with Crippen molar-refractivity contribution in [1.82, 2.24) is 24.9 Å². The molecule has 0 unspecified atom stereocenters. The molecule has 9 heteroatoms. The fourth-order valence-corrected chi connectivity index (χ4v) is 4.86. The summed E-state index contributed by atoms with van der Waals surface area (Å²) in [6, 6.07) is 10.1. The van der Waals surface area contributed by atoms with Crippen LogP contribution in [0.25, 0.3) is 22.0 Å². The molecule has 0 radical (unpaired) electrons. The van der Waals surface area contributed by atoms with Gasteiger partial charge < -0.3 is 9.64 Å². The number of aromatic nitrogens is 4. The zero-order valence-electron chi connectivity index (χ0n) is 18.6. The zero-order valence-corrected chi connectivity index (χ0v) is 18.6. The van der Waals surface area contributed by atoms with E-state index in [1.54, 1.807) is 12.1 Å². The van der Waals surface area contributed by atoms with Crippen molar-refractivity contribution >= 4 is 16.7 Å². The second-order valence-electron chi connectivity index (χ2n) is 9.11. The molecule has 6 rings (SSSR count). The van der Waals surface area contributed by atoms with Gasteiger partial charge in [0.15, 0.2) is 5.78 Å². The van der Waals surface area contributed by atoms with Gasteiger partial charge in [0.25, 0.3) is 0 Å². The average molecular weight is 463 g/mol. The van der Waals surface area contributed by atoms with Crippen molar-refractivity contribution in [3.05, 3.63) is 65.6 Å². The number of carbonyl (C=O) groups excluding carboxylic acids is 1. The molecule has 2 aromatic heterocycles. The quantitative estimate of drug-likeness (QED) is 0.455. The maximum Gasteiger partial charge on any atom is 0.216 e. The highest BCUT2D eigenvalue weighted by molar-refractivity contribution is 6.08. The van der Waals surface area contributed by atoms with Crippen LogP contribution in [0, 0.1) is 17.7 Å². The Morgan fingerprint density at radius 1 is 1.24 bits per heavy atom. The fraction of sp³-hybridized carbons (Fsp3) is 0.320. The van der Waals surface area contributed by atoms with Gasteiger partial charge >= 0.3 is 0 Å². The lowest BCUT2D eigenvalue weighted by Gasteiger charge is -2.37. The zero-order chi connectivity index (χ0) is 23.4. The van der Waals surface area contributed by atoms with E-state index in [1.165, 1.54) is 18.3 Å². The molecule has 174 valence electrons. The third-order valence-electron chi connectivity index (χ3n) is 7.01. The van der Waals surface area contributed by atoms with Gasteiger partial charge in [-0.15, -0.1) is 0 Å². The van der Waals surface area contributed by atoms with E-state index in [2.05, 4.69) is 22.1 Å². The van der Waals surface area contributed by atoms with Crippen LogP contribution in [0.1, 0.15) is 22.5 Å². The summed E-state index contributed by atoms with van der Waals surface area (Å²) < 4.78 is 35.5. The van der Waals surface area contributed by atoms with Crippen molar-refractivity contribution in [2.75, 3.05) is 20.2 Å². The number of H-pyrrole nitrogens is 1. The first-order chi connectivity index (χ1) is 16.5. The largest absolute Gasteiger partial charge is 0.493 e. The van der Waals surface area contributed by atoms with Gasteiger partial charge in [-0.25, -0.2) is 4.39 Å². The fourth-order valence-electron chi connectivity index (χ4n) is 4.86. The number of fused-ring (bicyclic) bond motifs is 2. The van der Waals surface area contributed by atoms with Crippen LogP contribution in [0.4, 0.5) is 8.78 Å². The smallest absolute Gasteiger partial charge is 0.216 e. The summed E-state index contributed by atoms with van der Waals surface area (Å²) in [6.07, 6.45) is 2.89. The molecule has 34 heavy (non-hydrogen) atoms. The number of likely N-dealkylation sites (N-methyl/N-ethyl adjacent to an activating group) is 1. The van der Waals surface area contributed by atoms with Gasteiger partial charge in [-0.2, -0.15) is 14.6 Å². The van der Waals surface area contributed by atoms with Crippen LogP contribution >= 0.6 is 0 Å². The highest BCUT2D eigenvalue weighted by atomic mass is 19.1. The van der Waals surface area contributed by atoms with Crippen LogP contribution in [-0.2, 0) is 13.0 Å². The number of nitrogens with zero attached hydrogens (tertiary/aromatic N) is 4. The molecule has 2 aliphatic rings. The summed E-state index contributed by atoms with van der Waals surface area (Å²) in [4.78, 5) is 15.8. The Morgan fingerprint density at radius 3 is 2.85 bits per heavy atom. The molecule has 0 spiro atoms. The van der Waals surface area contributed by atoms with E-state index in [4.69, 9.17) is 9.84 Å². The molecule has 0 saturated carbocycles. The number of hydrogen-bond acceptors (Lipinski definition) is 5. The Hall–Kier alpha value is -3.59. The van der Waals surface area contributed by atoms with Gasteiger partial charge in [-0.1, -0.05) is 6.07 Å². The molecule has 0 bridgehead atoms. The maximum absolute atomic E-state index is 14.1. The minimum atomic E-state index is -0.509. The third-order valence-corrected chi connectivity index (χ3v) is 7.01. The molecule has 7 nitrogen and oxygen atoms in total. The Kier molecular flexibility index (Phi) is 4.95. The Labute approximate surface area is 194 Å². The van der Waals surface area contributed by atoms with E-state index in [0.29, 0.717) is 52.5 Å². The van der Waals surface area contributed by atoms with Crippen molar-refractivity contribution in [2.24, 2.45) is 5.92 Å². The van der Waals surface area contributed by atoms with E-state index in [1.807, 2.05) is 16.8 Å². The summed E-state index contributed by atoms with van der Waals surface area (Å²) in [6.45, 7) is 1.87. The standard InChI is InChI=1S/C25H23F2N5O2/c1-31-7-6-18(31)12-32-21-10-14(20-11-28-29-25(20)27)2-4-19(21)23(30-32)24(33)16-8-15-9-17(26)3-5-22(15)34-13-16/h2-5,9-11,16,18H,6-8,12-13H2,1H3,(H,28,29)/t16-,18-/m0/s1. The Bertz CT molecular complexity index is 1410. The SMILES string of the molecule is CN1CC[C@H]1Cn1nc(C(=O)[C@@H]2COc3ccc(F)cc3C2)c2ccc(-c3cn[nH]c3F)cc21. The van der Waals surface area contributed by atoms with Crippen molar-refractivity contribution in [3.63, 3.8) is 0 Å². The molecular weight excluding hydrogens is 440 g/mol. The minimum Gasteiger partial charge on any atom is -0.493 e. The molecule has 1 saturated heterocycles. The summed E-state index contributed by atoms with van der Waals surface area (Å²) in [7, 11) is 2.06.